The molecule has 4 heterocycles. The van der Waals surface area contributed by atoms with Crippen LogP contribution in [0.15, 0.2) is 23.1 Å². The van der Waals surface area contributed by atoms with E-state index in [9.17, 15) is 4.79 Å². The Morgan fingerprint density at radius 2 is 1.97 bits per heavy atom. The predicted molar refractivity (Wildman–Crippen MR) is 126 cm³/mol. The van der Waals surface area contributed by atoms with Crippen LogP contribution in [0.25, 0.3) is 16.7 Å². The van der Waals surface area contributed by atoms with Crippen molar-refractivity contribution in [2.45, 2.75) is 52.6 Å². The van der Waals surface area contributed by atoms with Gasteiger partial charge in [0, 0.05) is 31.4 Å². The number of halogens is 2. The molecule has 9 heteroatoms. The minimum absolute atomic E-state index is 0.105. The highest BCUT2D eigenvalue weighted by Crippen LogP contribution is 2.33. The first-order valence-electron chi connectivity index (χ1n) is 10.4. The van der Waals surface area contributed by atoms with E-state index < -0.39 is 5.69 Å². The van der Waals surface area contributed by atoms with E-state index in [4.69, 9.17) is 23.2 Å². The summed E-state index contributed by atoms with van der Waals surface area (Å²) in [5.74, 6) is 0.684. The summed E-state index contributed by atoms with van der Waals surface area (Å²) in [5, 5.41) is 4.61. The normalized spacial score (nSPS) is 19.4. The molecule has 3 aromatic rings. The molecule has 1 aliphatic rings. The predicted octanol–water partition coefficient (Wildman–Crippen LogP) is 4.10. The summed E-state index contributed by atoms with van der Waals surface area (Å²) in [5.41, 5.74) is 2.42. The summed E-state index contributed by atoms with van der Waals surface area (Å²) in [7, 11) is 0. The van der Waals surface area contributed by atoms with Crippen molar-refractivity contribution in [3.63, 3.8) is 0 Å². The second-order valence-corrected chi connectivity index (χ2v) is 9.28. The topological polar surface area (TPSA) is 75.9 Å². The van der Waals surface area contributed by atoms with E-state index in [1.807, 2.05) is 26.8 Å². The third-order valence-electron chi connectivity index (χ3n) is 5.72. The zero-order valence-corrected chi connectivity index (χ0v) is 19.8. The maximum atomic E-state index is 13.5. The highest BCUT2D eigenvalue weighted by Gasteiger charge is 2.28. The zero-order valence-electron chi connectivity index (χ0n) is 18.3. The highest BCUT2D eigenvalue weighted by molar-refractivity contribution is 6.41. The number of rotatable bonds is 3. The number of hydrogen-bond acceptors (Lipinski definition) is 6. The Morgan fingerprint density at radius 1 is 1.23 bits per heavy atom. The van der Waals surface area contributed by atoms with Gasteiger partial charge in [-0.15, -0.1) is 0 Å². The van der Waals surface area contributed by atoms with Crippen LogP contribution in [0.2, 0.25) is 10.2 Å². The van der Waals surface area contributed by atoms with E-state index in [-0.39, 0.29) is 23.2 Å². The number of pyridine rings is 2. The SMILES string of the molecule is Cc1ccnc(C(C)C)c1-n1c(=O)nc(N2C[C@@H](C)NC[C@H]2C)c2cc(Cl)c(Cl)nc21. The lowest BCUT2D eigenvalue weighted by atomic mass is 10.0. The first-order valence-corrected chi connectivity index (χ1v) is 11.2. The molecule has 0 aliphatic carbocycles. The van der Waals surface area contributed by atoms with Gasteiger partial charge in [-0.25, -0.2) is 14.3 Å². The maximum Gasteiger partial charge on any atom is 0.355 e. The van der Waals surface area contributed by atoms with E-state index >= 15 is 0 Å². The summed E-state index contributed by atoms with van der Waals surface area (Å²) in [6, 6.07) is 4.05. The number of aryl methyl sites for hydroxylation is 1. The number of nitrogens with one attached hydrogen (secondary N) is 1. The maximum absolute atomic E-state index is 13.5. The quantitative estimate of drug-likeness (QED) is 0.592. The lowest BCUT2D eigenvalue weighted by Crippen LogP contribution is -2.55. The lowest BCUT2D eigenvalue weighted by molar-refractivity contribution is 0.423. The Labute approximate surface area is 191 Å². The average Bonchev–Trinajstić information content (AvgIpc) is 2.71. The molecule has 0 bridgehead atoms. The van der Waals surface area contributed by atoms with Gasteiger partial charge in [0.05, 0.1) is 21.8 Å². The van der Waals surface area contributed by atoms with E-state index in [0.29, 0.717) is 27.6 Å². The van der Waals surface area contributed by atoms with Crippen LogP contribution in [0.4, 0.5) is 5.82 Å². The molecule has 4 rings (SSSR count). The van der Waals surface area contributed by atoms with Crippen molar-refractivity contribution in [2.24, 2.45) is 0 Å². The van der Waals surface area contributed by atoms with E-state index in [1.54, 1.807) is 12.3 Å². The van der Waals surface area contributed by atoms with Crippen LogP contribution in [0.3, 0.4) is 0 Å². The lowest BCUT2D eigenvalue weighted by Gasteiger charge is -2.38. The molecule has 1 fully saturated rings. The van der Waals surface area contributed by atoms with Crippen molar-refractivity contribution in [3.8, 4) is 5.69 Å². The smallest absolute Gasteiger partial charge is 0.350 e. The molecule has 1 saturated heterocycles. The third-order valence-corrected chi connectivity index (χ3v) is 6.39. The fraction of sp³-hybridized carbons (Fsp3) is 0.455. The molecule has 2 atom stereocenters. The van der Waals surface area contributed by atoms with Crippen molar-refractivity contribution in [1.29, 1.82) is 0 Å². The van der Waals surface area contributed by atoms with Crippen molar-refractivity contribution < 1.29 is 0 Å². The van der Waals surface area contributed by atoms with Gasteiger partial charge >= 0.3 is 5.69 Å². The van der Waals surface area contributed by atoms with Crippen LogP contribution in [-0.2, 0) is 0 Å². The monoisotopic (exact) mass is 460 g/mol. The van der Waals surface area contributed by atoms with Gasteiger partial charge in [-0.2, -0.15) is 4.98 Å². The molecule has 7 nitrogen and oxygen atoms in total. The van der Waals surface area contributed by atoms with E-state index in [1.165, 1.54) is 4.57 Å². The van der Waals surface area contributed by atoms with Crippen molar-refractivity contribution in [2.75, 3.05) is 18.0 Å². The molecule has 0 amide bonds. The fourth-order valence-electron chi connectivity index (χ4n) is 4.11. The Morgan fingerprint density at radius 3 is 2.68 bits per heavy atom. The van der Waals surface area contributed by atoms with Crippen molar-refractivity contribution >= 4 is 40.1 Å². The number of nitrogens with zero attached hydrogens (tertiary/aromatic N) is 5. The van der Waals surface area contributed by atoms with Crippen molar-refractivity contribution in [3.05, 3.63) is 50.2 Å². The molecule has 1 N–H and O–H groups in total. The van der Waals surface area contributed by atoms with Gasteiger partial charge in [0.2, 0.25) is 0 Å². The molecule has 0 radical (unpaired) electrons. The molecule has 3 aromatic heterocycles. The number of fused-ring (bicyclic) bond motifs is 1. The average molecular weight is 461 g/mol. The van der Waals surface area contributed by atoms with Gasteiger partial charge in [-0.1, -0.05) is 37.0 Å². The van der Waals surface area contributed by atoms with Gasteiger partial charge < -0.3 is 10.2 Å². The largest absolute Gasteiger partial charge is 0.355 e. The molecule has 0 spiro atoms. The van der Waals surface area contributed by atoms with E-state index in [2.05, 4.69) is 39.0 Å². The minimum Gasteiger partial charge on any atom is -0.350 e. The highest BCUT2D eigenvalue weighted by atomic mass is 35.5. The fourth-order valence-corrected chi connectivity index (χ4v) is 4.39. The molecule has 0 aromatic carbocycles. The Hall–Kier alpha value is -2.22. The number of anilines is 1. The van der Waals surface area contributed by atoms with Crippen LogP contribution >= 0.6 is 23.2 Å². The van der Waals surface area contributed by atoms with Gasteiger partial charge in [0.15, 0.2) is 5.65 Å². The number of hydrogen-bond donors (Lipinski definition) is 1. The van der Waals surface area contributed by atoms with Gasteiger partial charge in [0.25, 0.3) is 0 Å². The van der Waals surface area contributed by atoms with Crippen LogP contribution in [0, 0.1) is 6.92 Å². The van der Waals surface area contributed by atoms with Gasteiger partial charge in [-0.05, 0) is 44.4 Å². The van der Waals surface area contributed by atoms with Crippen molar-refractivity contribution in [1.82, 2.24) is 24.8 Å². The van der Waals surface area contributed by atoms with Crippen LogP contribution in [0.1, 0.15) is 44.9 Å². The number of aromatic nitrogens is 4. The van der Waals surface area contributed by atoms with Gasteiger partial charge in [-0.3, -0.25) is 4.98 Å². The summed E-state index contributed by atoms with van der Waals surface area (Å²) < 4.78 is 1.52. The Balaban J connectivity index is 2.08. The molecule has 1 aliphatic heterocycles. The molecular weight excluding hydrogens is 435 g/mol. The molecule has 0 unspecified atom stereocenters. The second kappa shape index (κ2) is 8.37. The van der Waals surface area contributed by atoms with Crippen LogP contribution < -0.4 is 15.9 Å². The second-order valence-electron chi connectivity index (χ2n) is 8.51. The van der Waals surface area contributed by atoms with Crippen LogP contribution in [0.5, 0.6) is 0 Å². The minimum atomic E-state index is -0.412. The molecular formula is C22H26Cl2N6O. The summed E-state index contributed by atoms with van der Waals surface area (Å²) in [4.78, 5) is 29.2. The number of piperazine rings is 1. The van der Waals surface area contributed by atoms with Gasteiger partial charge in [0.1, 0.15) is 11.0 Å². The summed E-state index contributed by atoms with van der Waals surface area (Å²) in [6.45, 7) is 11.8. The molecule has 0 saturated carbocycles. The Kier molecular flexibility index (Phi) is 5.94. The first kappa shape index (κ1) is 22.0. The summed E-state index contributed by atoms with van der Waals surface area (Å²) >= 11 is 12.7. The third kappa shape index (κ3) is 3.90. The van der Waals surface area contributed by atoms with E-state index in [0.717, 1.165) is 24.3 Å². The summed E-state index contributed by atoms with van der Waals surface area (Å²) in [6.07, 6.45) is 1.75. The first-order chi connectivity index (χ1) is 14.7. The molecule has 31 heavy (non-hydrogen) atoms. The standard InChI is InChI=1S/C22H26Cl2N6O/c1-11(2)17-18(12(3)6-7-25-17)30-21-15(8-16(23)19(24)27-21)20(28-22(30)31)29-10-13(4)26-9-14(29)5/h6-8,11,13-14,26H,9-10H2,1-5H3/t13-,14-/m1/s1. The van der Waals surface area contributed by atoms with Crippen LogP contribution in [-0.4, -0.2) is 44.7 Å². The molecule has 164 valence electrons. The Bertz CT molecular complexity index is 1210. The zero-order chi connectivity index (χ0) is 22.4.